The van der Waals surface area contributed by atoms with Gasteiger partial charge in [-0.2, -0.15) is 5.21 Å². The number of hydrogen-bond donors (Lipinski definition) is 2. The van der Waals surface area contributed by atoms with Crippen molar-refractivity contribution in [2.24, 2.45) is 5.41 Å². The number of H-pyrrole nitrogens is 1. The normalized spacial score (nSPS) is 17.0. The van der Waals surface area contributed by atoms with Crippen molar-refractivity contribution in [1.29, 1.82) is 0 Å². The number of rotatable bonds is 14. The van der Waals surface area contributed by atoms with Crippen molar-refractivity contribution in [2.75, 3.05) is 13.2 Å². The average molecular weight is 668 g/mol. The van der Waals surface area contributed by atoms with Crippen LogP contribution in [0.4, 0.5) is 0 Å². The van der Waals surface area contributed by atoms with Gasteiger partial charge in [-0.15, -0.1) is 10.2 Å². The lowest BCUT2D eigenvalue weighted by atomic mass is 9.66. The van der Waals surface area contributed by atoms with Gasteiger partial charge in [0.1, 0.15) is 6.61 Å². The van der Waals surface area contributed by atoms with E-state index in [0.29, 0.717) is 18.7 Å². The second kappa shape index (κ2) is 15.8. The van der Waals surface area contributed by atoms with Gasteiger partial charge in [0, 0.05) is 36.2 Å². The minimum Gasteiger partial charge on any atom is -0.464 e. The van der Waals surface area contributed by atoms with Crippen molar-refractivity contribution < 1.29 is 14.3 Å². The van der Waals surface area contributed by atoms with E-state index >= 15 is 0 Å². The Labute approximate surface area is 287 Å². The zero-order valence-electron chi connectivity index (χ0n) is 28.9. The number of carbonyl (C=O) groups excluding carboxylic acids is 2. The summed E-state index contributed by atoms with van der Waals surface area (Å²) in [6.07, 6.45) is 10.6. The maximum Gasteiger partial charge on any atom is 0.305 e. The number of fused-ring (bicyclic) bond motifs is 1. The standard InChI is InChI=1S/C38H49N7O4/c1-3-5-16-34(46)49-25-23-39-37(48)38(21-9-6-10-22-38)33-15-11-24-44-32(12-4-2)31(36(47)45(33)44)26-27-17-19-28(20-18-27)29-13-7-8-14-30(29)35-40-42-43-41-35/h7-8,13-14,17-20,33H,3-6,9-12,15-16,21-26H2,1-2H3,(H,39,48)(H,40,41,42,43). The number of carbonyl (C=O) groups is 2. The summed E-state index contributed by atoms with van der Waals surface area (Å²) in [5.74, 6) is 0.305. The molecule has 1 aliphatic carbocycles. The molecule has 1 aliphatic heterocycles. The largest absolute Gasteiger partial charge is 0.464 e. The summed E-state index contributed by atoms with van der Waals surface area (Å²) >= 11 is 0. The average Bonchev–Trinajstić information content (AvgIpc) is 3.77. The number of ether oxygens (including phenoxy) is 1. The molecule has 0 spiro atoms. The van der Waals surface area contributed by atoms with Crippen LogP contribution in [0.5, 0.6) is 0 Å². The zero-order chi connectivity index (χ0) is 34.2. The van der Waals surface area contributed by atoms with Gasteiger partial charge in [-0.3, -0.25) is 19.1 Å². The van der Waals surface area contributed by atoms with E-state index in [1.165, 1.54) is 0 Å². The van der Waals surface area contributed by atoms with E-state index in [1.54, 1.807) is 0 Å². The summed E-state index contributed by atoms with van der Waals surface area (Å²) < 4.78 is 9.55. The van der Waals surface area contributed by atoms with Crippen LogP contribution in [0.3, 0.4) is 0 Å². The summed E-state index contributed by atoms with van der Waals surface area (Å²) in [7, 11) is 0. The van der Waals surface area contributed by atoms with Crippen molar-refractivity contribution in [1.82, 2.24) is 35.3 Å². The molecule has 1 fully saturated rings. The van der Waals surface area contributed by atoms with Crippen molar-refractivity contribution >= 4 is 11.9 Å². The van der Waals surface area contributed by atoms with Gasteiger partial charge in [-0.05, 0) is 60.4 Å². The van der Waals surface area contributed by atoms with Crippen LogP contribution in [0.25, 0.3) is 22.5 Å². The van der Waals surface area contributed by atoms with Crippen LogP contribution in [0.1, 0.15) is 107 Å². The molecule has 1 unspecified atom stereocenters. The van der Waals surface area contributed by atoms with Crippen LogP contribution in [0.15, 0.2) is 53.3 Å². The number of unbranched alkanes of at least 4 members (excludes halogenated alkanes) is 1. The third-order valence-corrected chi connectivity index (χ3v) is 10.4. The number of aromatic nitrogens is 6. The lowest BCUT2D eigenvalue weighted by molar-refractivity contribution is -0.145. The number of aromatic amines is 1. The first-order valence-electron chi connectivity index (χ1n) is 18.2. The molecule has 2 aromatic carbocycles. The minimum atomic E-state index is -0.667. The van der Waals surface area contributed by atoms with Gasteiger partial charge in [-0.1, -0.05) is 94.5 Å². The molecule has 2 N–H and O–H groups in total. The van der Waals surface area contributed by atoms with Crippen molar-refractivity contribution in [2.45, 2.75) is 110 Å². The Morgan fingerprint density at radius 3 is 2.49 bits per heavy atom. The third-order valence-electron chi connectivity index (χ3n) is 10.4. The summed E-state index contributed by atoms with van der Waals surface area (Å²) in [6.45, 7) is 5.41. The van der Waals surface area contributed by atoms with Crippen molar-refractivity contribution in [3.8, 4) is 22.5 Å². The molecule has 1 atom stereocenters. The first-order chi connectivity index (χ1) is 24.0. The summed E-state index contributed by atoms with van der Waals surface area (Å²) in [5.41, 5.74) is 5.29. The molecule has 0 saturated heterocycles. The molecule has 49 heavy (non-hydrogen) atoms. The van der Waals surface area contributed by atoms with Gasteiger partial charge in [0.15, 0.2) is 0 Å². The molecule has 4 aromatic rings. The molecule has 260 valence electrons. The van der Waals surface area contributed by atoms with Crippen molar-refractivity contribution in [3.05, 3.63) is 75.7 Å². The van der Waals surface area contributed by atoms with Crippen LogP contribution in [0.2, 0.25) is 0 Å². The molecule has 2 aliphatic rings. The molecule has 3 heterocycles. The molecule has 1 saturated carbocycles. The highest BCUT2D eigenvalue weighted by Gasteiger charge is 2.49. The van der Waals surface area contributed by atoms with Crippen LogP contribution in [0, 0.1) is 5.41 Å². The minimum absolute atomic E-state index is 0.0151. The Kier molecular flexibility index (Phi) is 11.1. The highest BCUT2D eigenvalue weighted by molar-refractivity contribution is 5.83. The number of nitrogens with zero attached hydrogens (tertiary/aromatic N) is 5. The van der Waals surface area contributed by atoms with Crippen LogP contribution < -0.4 is 10.9 Å². The topological polar surface area (TPSA) is 137 Å². The van der Waals surface area contributed by atoms with Gasteiger partial charge in [0.05, 0.1) is 18.0 Å². The Morgan fingerprint density at radius 1 is 1.00 bits per heavy atom. The zero-order valence-corrected chi connectivity index (χ0v) is 28.9. The van der Waals surface area contributed by atoms with E-state index in [0.717, 1.165) is 111 Å². The van der Waals surface area contributed by atoms with E-state index < -0.39 is 5.41 Å². The number of benzene rings is 2. The summed E-state index contributed by atoms with van der Waals surface area (Å²) in [6, 6.07) is 16.1. The van der Waals surface area contributed by atoms with E-state index in [9.17, 15) is 14.4 Å². The van der Waals surface area contributed by atoms with Crippen molar-refractivity contribution in [3.63, 3.8) is 0 Å². The lowest BCUT2D eigenvalue weighted by Crippen LogP contribution is -2.52. The van der Waals surface area contributed by atoms with Gasteiger partial charge in [-0.25, -0.2) is 4.68 Å². The summed E-state index contributed by atoms with van der Waals surface area (Å²) in [4.78, 5) is 40.7. The molecule has 11 heteroatoms. The highest BCUT2D eigenvalue weighted by Crippen LogP contribution is 2.48. The second-order valence-corrected chi connectivity index (χ2v) is 13.6. The Hall–Kier alpha value is -4.54. The highest BCUT2D eigenvalue weighted by atomic mass is 16.5. The van der Waals surface area contributed by atoms with Gasteiger partial charge in [0.2, 0.25) is 11.7 Å². The smallest absolute Gasteiger partial charge is 0.305 e. The first-order valence-corrected chi connectivity index (χ1v) is 18.2. The number of esters is 1. The van der Waals surface area contributed by atoms with E-state index in [2.05, 4.69) is 61.8 Å². The maximum absolute atomic E-state index is 14.5. The fraction of sp³-hybridized carbons (Fsp3) is 0.526. The molecular weight excluding hydrogens is 618 g/mol. The van der Waals surface area contributed by atoms with Gasteiger partial charge >= 0.3 is 5.97 Å². The molecule has 11 nitrogen and oxygen atoms in total. The summed E-state index contributed by atoms with van der Waals surface area (Å²) in [5, 5.41) is 17.7. The van der Waals surface area contributed by atoms with E-state index in [-0.39, 0.29) is 36.6 Å². The molecule has 2 aromatic heterocycles. The van der Waals surface area contributed by atoms with Crippen LogP contribution in [-0.4, -0.2) is 55.0 Å². The number of nitrogens with one attached hydrogen (secondary N) is 2. The van der Waals surface area contributed by atoms with Crippen LogP contribution in [-0.2, 0) is 33.7 Å². The number of tetrazole rings is 1. The quantitative estimate of drug-likeness (QED) is 0.121. The number of hydrogen-bond acceptors (Lipinski definition) is 7. The van der Waals surface area contributed by atoms with Gasteiger partial charge in [0.25, 0.3) is 5.56 Å². The monoisotopic (exact) mass is 667 g/mol. The molecular formula is C38H49N7O4. The fourth-order valence-corrected chi connectivity index (χ4v) is 7.98. The van der Waals surface area contributed by atoms with Gasteiger partial charge < -0.3 is 10.1 Å². The molecule has 0 bridgehead atoms. The SMILES string of the molecule is CCCCC(=O)OCCNC(=O)C1(C2CCCn3c(CCC)c(Cc4ccc(-c5ccccc5-c5nn[nH]n5)cc4)c(=O)n32)CCCCC1. The Morgan fingerprint density at radius 2 is 1.78 bits per heavy atom. The predicted octanol–water partition coefficient (Wildman–Crippen LogP) is 6.18. The first kappa shape index (κ1) is 34.3. The maximum atomic E-state index is 14.5. The molecule has 0 radical (unpaired) electrons. The third kappa shape index (κ3) is 7.26. The van der Waals surface area contributed by atoms with E-state index in [1.807, 2.05) is 35.9 Å². The second-order valence-electron chi connectivity index (χ2n) is 13.6. The Bertz CT molecular complexity index is 1770. The molecule has 6 rings (SSSR count). The predicted molar refractivity (Wildman–Crippen MR) is 188 cm³/mol. The molecule has 1 amide bonds. The lowest BCUT2D eigenvalue weighted by Gasteiger charge is -2.45. The van der Waals surface area contributed by atoms with Crippen LogP contribution >= 0.6 is 0 Å². The van der Waals surface area contributed by atoms with E-state index in [4.69, 9.17) is 4.74 Å². The Balaban J connectivity index is 1.26. The number of amides is 1. The fourth-order valence-electron chi connectivity index (χ4n) is 7.98.